The highest BCUT2D eigenvalue weighted by Gasteiger charge is 2.23. The van der Waals surface area contributed by atoms with Crippen LogP contribution < -0.4 is 4.90 Å². The van der Waals surface area contributed by atoms with Crippen molar-refractivity contribution in [3.8, 4) is 0 Å². The molecule has 2 rings (SSSR count). The van der Waals surface area contributed by atoms with E-state index in [0.717, 1.165) is 11.6 Å². The topological polar surface area (TPSA) is 101 Å². The van der Waals surface area contributed by atoms with E-state index in [9.17, 15) is 19.7 Å². The predicted octanol–water partition coefficient (Wildman–Crippen LogP) is 1.90. The number of carboxylic acid groups (broad SMARTS) is 1. The first kappa shape index (κ1) is 14.7. The van der Waals surface area contributed by atoms with E-state index in [0.29, 0.717) is 24.9 Å². The predicted molar refractivity (Wildman–Crippen MR) is 75.2 cm³/mol. The number of rotatable bonds is 4. The Bertz CT molecular complexity index is 624. The van der Waals surface area contributed by atoms with Gasteiger partial charge in [-0.2, -0.15) is 0 Å². The molecule has 0 spiro atoms. The van der Waals surface area contributed by atoms with E-state index in [-0.39, 0.29) is 18.1 Å². The molecule has 7 nitrogen and oxygen atoms in total. The molecule has 7 heteroatoms. The normalized spacial score (nSPS) is 14.9. The third-order valence-corrected chi connectivity index (χ3v) is 3.25. The van der Waals surface area contributed by atoms with E-state index in [1.165, 1.54) is 23.1 Å². The number of carbonyl (C=O) groups excluding carboxylic acids is 1. The van der Waals surface area contributed by atoms with Gasteiger partial charge in [0.25, 0.3) is 5.69 Å². The number of aliphatic carboxylic acids is 1. The van der Waals surface area contributed by atoms with Crippen molar-refractivity contribution in [1.82, 2.24) is 0 Å². The van der Waals surface area contributed by atoms with Crippen molar-refractivity contribution in [1.29, 1.82) is 0 Å². The molecule has 1 aromatic carbocycles. The third kappa shape index (κ3) is 3.44. The zero-order valence-electron chi connectivity index (χ0n) is 11.2. The van der Waals surface area contributed by atoms with Crippen molar-refractivity contribution < 1.29 is 19.6 Å². The van der Waals surface area contributed by atoms with Crippen molar-refractivity contribution in [3.63, 3.8) is 0 Å². The molecule has 0 saturated carbocycles. The largest absolute Gasteiger partial charge is 0.478 e. The fourth-order valence-corrected chi connectivity index (χ4v) is 2.31. The molecule has 110 valence electrons. The van der Waals surface area contributed by atoms with Crippen LogP contribution in [0.1, 0.15) is 18.4 Å². The summed E-state index contributed by atoms with van der Waals surface area (Å²) in [6, 6.07) is 4.37. The Hall–Kier alpha value is -2.70. The van der Waals surface area contributed by atoms with Crippen LogP contribution in [0.4, 0.5) is 11.4 Å². The van der Waals surface area contributed by atoms with E-state index in [1.807, 2.05) is 0 Å². The van der Waals surface area contributed by atoms with E-state index in [1.54, 1.807) is 6.07 Å². The van der Waals surface area contributed by atoms with Crippen LogP contribution in [0.15, 0.2) is 30.4 Å². The van der Waals surface area contributed by atoms with Gasteiger partial charge in [0, 0.05) is 36.9 Å². The second-order valence-electron chi connectivity index (χ2n) is 4.67. The fourth-order valence-electron chi connectivity index (χ4n) is 2.31. The Morgan fingerprint density at radius 2 is 2.19 bits per heavy atom. The Kier molecular flexibility index (Phi) is 4.32. The Labute approximate surface area is 120 Å². The monoisotopic (exact) mass is 290 g/mol. The van der Waals surface area contributed by atoms with Gasteiger partial charge >= 0.3 is 5.97 Å². The van der Waals surface area contributed by atoms with Gasteiger partial charge in [-0.3, -0.25) is 14.9 Å². The second-order valence-corrected chi connectivity index (χ2v) is 4.67. The van der Waals surface area contributed by atoms with E-state index in [2.05, 4.69) is 0 Å². The van der Waals surface area contributed by atoms with Gasteiger partial charge in [-0.1, -0.05) is 6.08 Å². The summed E-state index contributed by atoms with van der Waals surface area (Å²) in [7, 11) is 0. The smallest absolute Gasteiger partial charge is 0.328 e. The van der Waals surface area contributed by atoms with Gasteiger partial charge in [-0.25, -0.2) is 4.79 Å². The number of hydrogen-bond acceptors (Lipinski definition) is 4. The quantitative estimate of drug-likeness (QED) is 0.518. The minimum atomic E-state index is -1.08. The van der Waals surface area contributed by atoms with Crippen LogP contribution in [0.3, 0.4) is 0 Å². The molecule has 1 aromatic rings. The van der Waals surface area contributed by atoms with Crippen LogP contribution in [0.25, 0.3) is 0 Å². The van der Waals surface area contributed by atoms with Crippen LogP contribution in [0.2, 0.25) is 0 Å². The van der Waals surface area contributed by atoms with Gasteiger partial charge in [0.2, 0.25) is 5.91 Å². The number of aryl methyl sites for hydroxylation is 1. The molecule has 21 heavy (non-hydrogen) atoms. The average molecular weight is 290 g/mol. The number of fused-ring (bicyclic) bond motifs is 1. The summed E-state index contributed by atoms with van der Waals surface area (Å²) in [4.78, 5) is 34.4. The Morgan fingerprint density at radius 3 is 2.86 bits per heavy atom. The van der Waals surface area contributed by atoms with Crippen LogP contribution in [-0.4, -0.2) is 28.5 Å². The summed E-state index contributed by atoms with van der Waals surface area (Å²) >= 11 is 0. The molecule has 0 fully saturated rings. The molecule has 0 atom stereocenters. The van der Waals surface area contributed by atoms with Crippen LogP contribution >= 0.6 is 0 Å². The Morgan fingerprint density at radius 1 is 1.43 bits per heavy atom. The molecular weight excluding hydrogens is 276 g/mol. The second kappa shape index (κ2) is 6.17. The number of benzene rings is 1. The number of amides is 1. The minimum absolute atomic E-state index is 0.0101. The molecule has 0 bridgehead atoms. The maximum absolute atomic E-state index is 12.1. The maximum Gasteiger partial charge on any atom is 0.328 e. The van der Waals surface area contributed by atoms with Crippen molar-refractivity contribution in [2.45, 2.75) is 19.3 Å². The zero-order chi connectivity index (χ0) is 15.4. The molecule has 0 radical (unpaired) electrons. The van der Waals surface area contributed by atoms with Gasteiger partial charge in [0.05, 0.1) is 4.92 Å². The zero-order valence-corrected chi connectivity index (χ0v) is 11.2. The lowest BCUT2D eigenvalue weighted by molar-refractivity contribution is -0.384. The Balaban J connectivity index is 2.34. The van der Waals surface area contributed by atoms with Crippen molar-refractivity contribution in [3.05, 3.63) is 46.0 Å². The lowest BCUT2D eigenvalue weighted by atomic mass is 10.1. The molecule has 1 aliphatic rings. The summed E-state index contributed by atoms with van der Waals surface area (Å²) in [5.74, 6) is -1.20. The molecule has 0 aliphatic carbocycles. The number of nitro groups is 1. The first-order valence-electron chi connectivity index (χ1n) is 6.46. The molecule has 1 N–H and O–H groups in total. The molecule has 0 saturated heterocycles. The van der Waals surface area contributed by atoms with E-state index >= 15 is 0 Å². The maximum atomic E-state index is 12.1. The third-order valence-electron chi connectivity index (χ3n) is 3.25. The number of carbonyl (C=O) groups is 2. The van der Waals surface area contributed by atoms with Crippen molar-refractivity contribution in [2.24, 2.45) is 0 Å². The van der Waals surface area contributed by atoms with E-state index < -0.39 is 10.9 Å². The summed E-state index contributed by atoms with van der Waals surface area (Å²) in [5.41, 5.74) is 1.33. The van der Waals surface area contributed by atoms with Crippen LogP contribution in [-0.2, 0) is 16.0 Å². The summed E-state index contributed by atoms with van der Waals surface area (Å²) < 4.78 is 0. The summed E-state index contributed by atoms with van der Waals surface area (Å²) in [6.45, 7) is 0.135. The summed E-state index contributed by atoms with van der Waals surface area (Å²) in [5, 5.41) is 19.4. The lowest BCUT2D eigenvalue weighted by Crippen LogP contribution is -2.30. The highest BCUT2D eigenvalue weighted by molar-refractivity contribution is 5.95. The van der Waals surface area contributed by atoms with Gasteiger partial charge in [-0.15, -0.1) is 0 Å². The number of nitro benzene ring substituents is 1. The highest BCUT2D eigenvalue weighted by atomic mass is 16.6. The average Bonchev–Trinajstić information content (AvgIpc) is 2.57. The number of hydrogen-bond donors (Lipinski definition) is 1. The first-order chi connectivity index (χ1) is 9.99. The van der Waals surface area contributed by atoms with Gasteiger partial charge in [0.15, 0.2) is 0 Å². The SMILES string of the molecule is O=C(O)C=CCN1C(=O)CCCc2cc([N+](=O)[O-])ccc21. The number of non-ortho nitro benzene ring substituents is 1. The lowest BCUT2D eigenvalue weighted by Gasteiger charge is -2.21. The fraction of sp³-hybridized carbons (Fsp3) is 0.286. The standard InChI is InChI=1S/C14H14N2O5/c17-13-4-1-3-10-9-11(16(20)21)6-7-12(10)15(13)8-2-5-14(18)19/h2,5-7,9H,1,3-4,8H2,(H,18,19). The molecular formula is C14H14N2O5. The molecule has 1 heterocycles. The number of carboxylic acids is 1. The van der Waals surface area contributed by atoms with Gasteiger partial charge < -0.3 is 10.0 Å². The highest BCUT2D eigenvalue weighted by Crippen LogP contribution is 2.30. The molecule has 1 amide bonds. The van der Waals surface area contributed by atoms with Gasteiger partial charge in [0.1, 0.15) is 0 Å². The van der Waals surface area contributed by atoms with E-state index in [4.69, 9.17) is 5.11 Å². The molecule has 1 aliphatic heterocycles. The van der Waals surface area contributed by atoms with Crippen LogP contribution in [0, 0.1) is 10.1 Å². The van der Waals surface area contributed by atoms with Crippen molar-refractivity contribution >= 4 is 23.3 Å². The number of anilines is 1. The first-order valence-corrected chi connectivity index (χ1v) is 6.46. The molecule has 0 aromatic heterocycles. The molecule has 0 unspecified atom stereocenters. The van der Waals surface area contributed by atoms with Crippen LogP contribution in [0.5, 0.6) is 0 Å². The van der Waals surface area contributed by atoms with Crippen molar-refractivity contribution in [2.75, 3.05) is 11.4 Å². The summed E-state index contributed by atoms with van der Waals surface area (Å²) in [6.07, 6.45) is 3.90. The minimum Gasteiger partial charge on any atom is -0.478 e. The van der Waals surface area contributed by atoms with Gasteiger partial charge in [-0.05, 0) is 24.5 Å². The number of nitrogens with zero attached hydrogens (tertiary/aromatic N) is 2.